The molecule has 0 saturated heterocycles. The molecule has 2 nitrogen and oxygen atoms in total. The first kappa shape index (κ1) is 17.2. The molecule has 17 heavy (non-hydrogen) atoms. The highest BCUT2D eigenvalue weighted by Gasteiger charge is 2.29. The standard InChI is InChI=1S/C13H28FNOS/c1-6-11(14)12(2,3)7-8-16-13(4,5)9-17-10-15/h11H,6-10,15H2,1-5H3. The fourth-order valence-corrected chi connectivity index (χ4v) is 2.34. The van der Waals surface area contributed by atoms with E-state index in [2.05, 4.69) is 13.8 Å². The molecule has 1 atom stereocenters. The summed E-state index contributed by atoms with van der Waals surface area (Å²) in [6.07, 6.45) is 0.561. The van der Waals surface area contributed by atoms with Crippen molar-refractivity contribution >= 4 is 11.8 Å². The molecule has 104 valence electrons. The molecule has 0 amide bonds. The van der Waals surface area contributed by atoms with E-state index in [-0.39, 0.29) is 11.0 Å². The van der Waals surface area contributed by atoms with Gasteiger partial charge >= 0.3 is 0 Å². The molecule has 0 fully saturated rings. The van der Waals surface area contributed by atoms with Crippen molar-refractivity contribution in [1.82, 2.24) is 0 Å². The zero-order valence-corrected chi connectivity index (χ0v) is 12.7. The molecule has 4 heteroatoms. The van der Waals surface area contributed by atoms with Gasteiger partial charge in [-0.05, 0) is 32.1 Å². The van der Waals surface area contributed by atoms with E-state index >= 15 is 0 Å². The predicted molar refractivity (Wildman–Crippen MR) is 75.1 cm³/mol. The van der Waals surface area contributed by atoms with Crippen LogP contribution in [0.5, 0.6) is 0 Å². The van der Waals surface area contributed by atoms with Gasteiger partial charge in [-0.3, -0.25) is 0 Å². The van der Waals surface area contributed by atoms with E-state index < -0.39 is 6.17 Å². The Balaban J connectivity index is 3.97. The first-order valence-corrected chi connectivity index (χ1v) is 7.46. The van der Waals surface area contributed by atoms with Gasteiger partial charge in [0.1, 0.15) is 6.17 Å². The second-order valence-corrected chi connectivity index (χ2v) is 6.77. The molecule has 0 aromatic carbocycles. The van der Waals surface area contributed by atoms with Crippen molar-refractivity contribution in [2.45, 2.75) is 59.2 Å². The molecule has 0 aliphatic heterocycles. The van der Waals surface area contributed by atoms with E-state index in [1.54, 1.807) is 11.8 Å². The monoisotopic (exact) mass is 265 g/mol. The van der Waals surface area contributed by atoms with Crippen LogP contribution >= 0.6 is 11.8 Å². The van der Waals surface area contributed by atoms with Gasteiger partial charge in [0.2, 0.25) is 0 Å². The van der Waals surface area contributed by atoms with Crippen LogP contribution in [0.4, 0.5) is 4.39 Å². The molecule has 0 rings (SSSR count). The average molecular weight is 265 g/mol. The Labute approximate surface area is 110 Å². The molecule has 0 aliphatic carbocycles. The summed E-state index contributed by atoms with van der Waals surface area (Å²) < 4.78 is 19.5. The zero-order valence-electron chi connectivity index (χ0n) is 11.9. The minimum absolute atomic E-state index is 0.182. The average Bonchev–Trinajstić information content (AvgIpc) is 2.24. The molecule has 1 unspecified atom stereocenters. The van der Waals surface area contributed by atoms with E-state index in [0.29, 0.717) is 18.9 Å². The van der Waals surface area contributed by atoms with Crippen molar-refractivity contribution < 1.29 is 9.13 Å². The first-order chi connectivity index (χ1) is 7.75. The lowest BCUT2D eigenvalue weighted by atomic mass is 9.83. The van der Waals surface area contributed by atoms with Crippen molar-refractivity contribution in [3.63, 3.8) is 0 Å². The second-order valence-electron chi connectivity index (χ2n) is 5.74. The third kappa shape index (κ3) is 7.27. The molecule has 0 radical (unpaired) electrons. The van der Waals surface area contributed by atoms with Crippen LogP contribution < -0.4 is 5.73 Å². The highest BCUT2D eigenvalue weighted by atomic mass is 32.2. The normalized spacial score (nSPS) is 15.0. The largest absolute Gasteiger partial charge is 0.375 e. The molecule has 0 spiro atoms. The summed E-state index contributed by atoms with van der Waals surface area (Å²) in [5.74, 6) is 1.48. The fourth-order valence-electron chi connectivity index (χ4n) is 1.65. The Morgan fingerprint density at radius 1 is 1.29 bits per heavy atom. The molecule has 0 saturated carbocycles. The van der Waals surface area contributed by atoms with Gasteiger partial charge in [0.25, 0.3) is 0 Å². The Hall–Kier alpha value is 0.200. The van der Waals surface area contributed by atoms with Gasteiger partial charge in [0, 0.05) is 18.2 Å². The van der Waals surface area contributed by atoms with Crippen LogP contribution in [0.2, 0.25) is 0 Å². The molecule has 0 aliphatic rings. The van der Waals surface area contributed by atoms with Crippen molar-refractivity contribution in [3.8, 4) is 0 Å². The van der Waals surface area contributed by atoms with E-state index in [1.807, 2.05) is 20.8 Å². The molecule has 0 heterocycles. The van der Waals surface area contributed by atoms with E-state index in [0.717, 1.165) is 12.2 Å². The molecular weight excluding hydrogens is 237 g/mol. The van der Waals surface area contributed by atoms with Crippen LogP contribution in [0, 0.1) is 5.41 Å². The minimum atomic E-state index is -0.757. The number of thioether (sulfide) groups is 1. The van der Waals surface area contributed by atoms with Crippen LogP contribution in [0.25, 0.3) is 0 Å². The van der Waals surface area contributed by atoms with Crippen LogP contribution in [0.3, 0.4) is 0 Å². The highest BCUT2D eigenvalue weighted by Crippen LogP contribution is 2.30. The second kappa shape index (κ2) is 7.59. The summed E-state index contributed by atoms with van der Waals surface area (Å²) in [5.41, 5.74) is 4.97. The third-order valence-electron chi connectivity index (χ3n) is 3.01. The molecule has 0 aromatic rings. The summed E-state index contributed by atoms with van der Waals surface area (Å²) in [4.78, 5) is 0. The Morgan fingerprint density at radius 3 is 2.35 bits per heavy atom. The summed E-state index contributed by atoms with van der Waals surface area (Å²) >= 11 is 1.66. The molecule has 0 aromatic heterocycles. The van der Waals surface area contributed by atoms with Crippen molar-refractivity contribution in [1.29, 1.82) is 0 Å². The number of rotatable bonds is 9. The lowest BCUT2D eigenvalue weighted by Gasteiger charge is -2.31. The van der Waals surface area contributed by atoms with Gasteiger partial charge in [0.05, 0.1) is 5.60 Å². The lowest BCUT2D eigenvalue weighted by molar-refractivity contribution is -0.0220. The minimum Gasteiger partial charge on any atom is -0.375 e. The smallest absolute Gasteiger partial charge is 0.105 e. The van der Waals surface area contributed by atoms with Crippen LogP contribution in [-0.2, 0) is 4.74 Å². The van der Waals surface area contributed by atoms with Crippen molar-refractivity contribution in [3.05, 3.63) is 0 Å². The fraction of sp³-hybridized carbons (Fsp3) is 1.00. The van der Waals surface area contributed by atoms with Gasteiger partial charge in [0.15, 0.2) is 0 Å². The van der Waals surface area contributed by atoms with E-state index in [9.17, 15) is 4.39 Å². The molecule has 0 bridgehead atoms. The van der Waals surface area contributed by atoms with Crippen molar-refractivity contribution in [2.75, 3.05) is 18.2 Å². The predicted octanol–water partition coefficient (Wildman–Crippen LogP) is 3.60. The Kier molecular flexibility index (Phi) is 7.68. The summed E-state index contributed by atoms with van der Waals surface area (Å²) in [6.45, 7) is 10.5. The Morgan fingerprint density at radius 2 is 1.88 bits per heavy atom. The first-order valence-electron chi connectivity index (χ1n) is 6.31. The van der Waals surface area contributed by atoms with Gasteiger partial charge in [-0.2, -0.15) is 0 Å². The topological polar surface area (TPSA) is 35.2 Å². The number of hydrogen-bond donors (Lipinski definition) is 1. The Bertz CT molecular complexity index is 210. The van der Waals surface area contributed by atoms with Gasteiger partial charge in [-0.25, -0.2) is 4.39 Å². The van der Waals surface area contributed by atoms with Gasteiger partial charge in [-0.15, -0.1) is 11.8 Å². The number of ether oxygens (including phenoxy) is 1. The van der Waals surface area contributed by atoms with Gasteiger partial charge < -0.3 is 10.5 Å². The number of alkyl halides is 1. The maximum atomic E-state index is 13.7. The van der Waals surface area contributed by atoms with Gasteiger partial charge in [-0.1, -0.05) is 20.8 Å². The summed E-state index contributed by atoms with van der Waals surface area (Å²) in [5, 5.41) is 0. The quantitative estimate of drug-likeness (QED) is 0.647. The number of hydrogen-bond acceptors (Lipinski definition) is 3. The highest BCUT2D eigenvalue weighted by molar-refractivity contribution is 7.99. The maximum absolute atomic E-state index is 13.7. The zero-order chi connectivity index (χ0) is 13.5. The molecule has 2 N–H and O–H groups in total. The van der Waals surface area contributed by atoms with Crippen LogP contribution in [-0.4, -0.2) is 30.0 Å². The van der Waals surface area contributed by atoms with E-state index in [4.69, 9.17) is 10.5 Å². The summed E-state index contributed by atoms with van der Waals surface area (Å²) in [7, 11) is 0. The number of halogens is 1. The van der Waals surface area contributed by atoms with Crippen LogP contribution in [0.1, 0.15) is 47.5 Å². The van der Waals surface area contributed by atoms with Crippen molar-refractivity contribution in [2.24, 2.45) is 11.1 Å². The SMILES string of the molecule is CCC(F)C(C)(C)CCOC(C)(C)CSCN. The lowest BCUT2D eigenvalue weighted by Crippen LogP contribution is -2.32. The van der Waals surface area contributed by atoms with E-state index in [1.165, 1.54) is 0 Å². The summed E-state index contributed by atoms with van der Waals surface area (Å²) in [6, 6.07) is 0. The molecular formula is C13H28FNOS. The third-order valence-corrected chi connectivity index (χ3v) is 4.15. The van der Waals surface area contributed by atoms with Crippen LogP contribution in [0.15, 0.2) is 0 Å². The maximum Gasteiger partial charge on any atom is 0.105 e. The number of nitrogens with two attached hydrogens (primary N) is 1.